The molecule has 18 nitrogen and oxygen atoms in total. The molecule has 0 saturated heterocycles. The number of carbonyl (C=O) groups is 2. The minimum absolute atomic E-state index is 0.0671. The van der Waals surface area contributed by atoms with E-state index in [4.69, 9.17) is 42.1 Å². The van der Waals surface area contributed by atoms with Crippen LogP contribution in [0.5, 0.6) is 28.7 Å². The average Bonchev–Trinajstić information content (AvgIpc) is 3.21. The van der Waals surface area contributed by atoms with Gasteiger partial charge in [0.2, 0.25) is 0 Å². The number of hydrogen-bond acceptors (Lipinski definition) is 15. The van der Waals surface area contributed by atoms with Gasteiger partial charge < -0.3 is 33.9 Å². The maximum Gasteiger partial charge on any atom is 0.519 e. The Hall–Kier alpha value is -6.86. The second-order valence-electron chi connectivity index (χ2n) is 12.7. The third-order valence-corrected chi connectivity index (χ3v) is 8.19. The van der Waals surface area contributed by atoms with Crippen LogP contribution in [0.1, 0.15) is 37.1 Å². The fourth-order valence-corrected chi connectivity index (χ4v) is 4.55. The van der Waals surface area contributed by atoms with Gasteiger partial charge in [-0.05, 0) is 114 Å². The zero-order valence-corrected chi connectivity index (χ0v) is 35.3. The monoisotopic (exact) mass is 883 g/mol. The summed E-state index contributed by atoms with van der Waals surface area (Å²) in [6.45, 7) is 4.14. The minimum atomic E-state index is -1.07. The fraction of sp³-hybridized carbons (Fsp3) is 0.220. The minimum Gasteiger partial charge on any atom is -0.508 e. The molecular weight excluding hydrogens is 841 g/mol. The smallest absolute Gasteiger partial charge is 0.508 e. The third-order valence-electron chi connectivity index (χ3n) is 8.19. The molecule has 0 aliphatic carbocycles. The summed E-state index contributed by atoms with van der Waals surface area (Å²) >= 11 is 9.53. The predicted octanol–water partition coefficient (Wildman–Crippen LogP) is 10.3. The molecule has 5 aromatic carbocycles. The summed E-state index contributed by atoms with van der Waals surface area (Å²) in [5.41, 5.74) is 1.77. The molecule has 0 aliphatic rings. The van der Waals surface area contributed by atoms with Gasteiger partial charge in [-0.1, -0.05) is 24.3 Å². The highest BCUT2D eigenvalue weighted by Gasteiger charge is 2.14. The molecule has 5 rings (SSSR count). The molecule has 0 amide bonds. The summed E-state index contributed by atoms with van der Waals surface area (Å²) < 4.78 is 19.8. The first-order valence-electron chi connectivity index (χ1n) is 17.7. The van der Waals surface area contributed by atoms with Crippen LogP contribution in [0.3, 0.4) is 0 Å². The van der Waals surface area contributed by atoms with Gasteiger partial charge in [0.1, 0.15) is 28.7 Å². The second-order valence-corrected chi connectivity index (χ2v) is 13.5. The van der Waals surface area contributed by atoms with Crippen LogP contribution in [0.2, 0.25) is 0 Å². The molecule has 5 aromatic rings. The summed E-state index contributed by atoms with van der Waals surface area (Å²) in [5.74, 6) is 1.01. The maximum absolute atomic E-state index is 11.8. The number of phenolic OH excluding ortho intramolecular Hbond substituents is 1. The second kappa shape index (κ2) is 25.6. The van der Waals surface area contributed by atoms with E-state index in [1.165, 1.54) is 72.8 Å². The van der Waals surface area contributed by atoms with Gasteiger partial charge in [0, 0.05) is 48.5 Å². The zero-order chi connectivity index (χ0) is 45.6. The van der Waals surface area contributed by atoms with E-state index in [0.717, 1.165) is 11.1 Å². The number of nitrogens with zero attached hydrogens (tertiary/aromatic N) is 5. The van der Waals surface area contributed by atoms with Crippen molar-refractivity contribution in [1.29, 1.82) is 0 Å². The average molecular weight is 885 g/mol. The molecule has 324 valence electrons. The maximum atomic E-state index is 11.8. The summed E-state index contributed by atoms with van der Waals surface area (Å²) in [6.07, 6.45) is -1.97. The van der Waals surface area contributed by atoms with Crippen LogP contribution < -0.4 is 18.9 Å². The van der Waals surface area contributed by atoms with E-state index < -0.39 is 27.1 Å². The highest BCUT2D eigenvalue weighted by molar-refractivity contribution is 6.40. The molecule has 20 heteroatoms. The molecule has 1 N–H and O–H groups in total. The van der Waals surface area contributed by atoms with Crippen LogP contribution in [0.4, 0.5) is 26.7 Å². The Labute approximate surface area is 360 Å². The van der Waals surface area contributed by atoms with Crippen molar-refractivity contribution in [1.82, 2.24) is 9.80 Å². The summed E-state index contributed by atoms with van der Waals surface area (Å²) in [7, 11) is 7.96. The molecule has 0 radical (unpaired) electrons. The van der Waals surface area contributed by atoms with Gasteiger partial charge >= 0.3 is 12.3 Å². The standard InChI is InChI=1S/C17H18N2O5.C13H8N2O7.C10H15NO.CH2Cl2/c1-12(18(2)3)13-5-4-6-16(11-13)24-17(20)23-15-9-7-14(8-10-15)19(21)22;16-13(21-11-5-1-9(2-6-11)14(17)18)22-12-7-3-10(4-8-12)15(19)20;1-8(11(2)3)9-5-4-6-10(12)7-9;2-1-3/h4-12H,1-3H3;1-8H;4-8,12H,1-3H3;1H2/t12-;;8-;/m0.0./s1. The van der Waals surface area contributed by atoms with Crippen molar-refractivity contribution >= 4 is 52.6 Å². The Morgan fingerprint density at radius 1 is 0.541 bits per heavy atom. The van der Waals surface area contributed by atoms with Crippen LogP contribution in [-0.2, 0) is 0 Å². The number of carbonyl (C=O) groups excluding carboxylic acids is 2. The number of phenols is 1. The highest BCUT2D eigenvalue weighted by Crippen LogP contribution is 2.25. The van der Waals surface area contributed by atoms with E-state index in [1.807, 2.05) is 58.2 Å². The van der Waals surface area contributed by atoms with Gasteiger partial charge in [-0.15, -0.1) is 23.2 Å². The molecule has 0 unspecified atom stereocenters. The van der Waals surface area contributed by atoms with Gasteiger partial charge in [-0.2, -0.15) is 0 Å². The number of alkyl halides is 2. The Morgan fingerprint density at radius 2 is 0.836 bits per heavy atom. The number of hydrogen-bond donors (Lipinski definition) is 1. The first-order valence-corrected chi connectivity index (χ1v) is 18.8. The van der Waals surface area contributed by atoms with Crippen LogP contribution in [0.15, 0.2) is 121 Å². The molecule has 61 heavy (non-hydrogen) atoms. The molecule has 0 aromatic heterocycles. The number of halogens is 2. The van der Waals surface area contributed by atoms with Gasteiger partial charge in [-0.25, -0.2) is 9.59 Å². The lowest BCUT2D eigenvalue weighted by Gasteiger charge is -2.20. The number of nitro groups is 3. The Bertz CT molecular complexity index is 2130. The van der Waals surface area contributed by atoms with Crippen molar-refractivity contribution in [2.45, 2.75) is 25.9 Å². The number of rotatable bonds is 11. The van der Waals surface area contributed by atoms with Gasteiger partial charge in [0.15, 0.2) is 0 Å². The topological polar surface area (TPSA) is 227 Å². The lowest BCUT2D eigenvalue weighted by Crippen LogP contribution is -2.17. The Morgan fingerprint density at radius 3 is 1.13 bits per heavy atom. The zero-order valence-electron chi connectivity index (χ0n) is 33.7. The summed E-state index contributed by atoms with van der Waals surface area (Å²) in [5, 5.41) is 41.0. The van der Waals surface area contributed by atoms with E-state index in [0.29, 0.717) is 17.5 Å². The van der Waals surface area contributed by atoms with Crippen LogP contribution >= 0.6 is 23.2 Å². The summed E-state index contributed by atoms with van der Waals surface area (Å²) in [6, 6.07) is 29.9. The molecule has 0 bridgehead atoms. The molecule has 0 saturated carbocycles. The van der Waals surface area contributed by atoms with Gasteiger partial charge in [0.05, 0.1) is 20.1 Å². The van der Waals surface area contributed by atoms with Crippen molar-refractivity contribution in [3.05, 3.63) is 163 Å². The lowest BCUT2D eigenvalue weighted by atomic mass is 10.1. The van der Waals surface area contributed by atoms with Crippen molar-refractivity contribution < 1.29 is 48.4 Å². The molecule has 0 aliphatic heterocycles. The number of aromatic hydroxyl groups is 1. The largest absolute Gasteiger partial charge is 0.519 e. The molecule has 0 spiro atoms. The van der Waals surface area contributed by atoms with Gasteiger partial charge in [0.25, 0.3) is 17.1 Å². The Kier molecular flexibility index (Phi) is 21.1. The lowest BCUT2D eigenvalue weighted by molar-refractivity contribution is -0.385. The number of nitro benzene ring substituents is 3. The molecule has 2 atom stereocenters. The van der Waals surface area contributed by atoms with Crippen molar-refractivity contribution in [3.8, 4) is 28.7 Å². The number of benzene rings is 5. The van der Waals surface area contributed by atoms with Crippen molar-refractivity contribution in [3.63, 3.8) is 0 Å². The highest BCUT2D eigenvalue weighted by atomic mass is 35.5. The fourth-order valence-electron chi connectivity index (χ4n) is 4.55. The molecule has 0 fully saturated rings. The Balaban J connectivity index is 0.000000319. The number of non-ortho nitro benzene ring substituents is 3. The van der Waals surface area contributed by atoms with E-state index in [1.54, 1.807) is 30.3 Å². The van der Waals surface area contributed by atoms with Crippen LogP contribution in [0.25, 0.3) is 0 Å². The molecular formula is C41H43Cl2N5O13. The normalized spacial score (nSPS) is 11.1. The summed E-state index contributed by atoms with van der Waals surface area (Å²) in [4.78, 5) is 57.3. The quantitative estimate of drug-likeness (QED) is 0.0428. The van der Waals surface area contributed by atoms with E-state index in [-0.39, 0.29) is 45.7 Å². The molecule has 0 heterocycles. The third kappa shape index (κ3) is 18.3. The first-order chi connectivity index (χ1) is 28.8. The SMILES string of the molecule is C[C@@H](c1cccc(O)c1)N(C)C.C[C@@H](c1cccc(OC(=O)Oc2ccc([N+](=O)[O-])cc2)c1)N(C)C.ClCCl.O=C(Oc1ccc([N+](=O)[O-])cc1)Oc1ccc([N+](=O)[O-])cc1. The van der Waals surface area contributed by atoms with E-state index >= 15 is 0 Å². The van der Waals surface area contributed by atoms with E-state index in [2.05, 4.69) is 11.8 Å². The predicted molar refractivity (Wildman–Crippen MR) is 228 cm³/mol. The van der Waals surface area contributed by atoms with Gasteiger partial charge in [-0.3, -0.25) is 30.3 Å². The van der Waals surface area contributed by atoms with Crippen LogP contribution in [-0.4, -0.2) is 75.5 Å². The number of ether oxygens (including phenoxy) is 4. The van der Waals surface area contributed by atoms with Crippen molar-refractivity contribution in [2.24, 2.45) is 0 Å². The van der Waals surface area contributed by atoms with Crippen LogP contribution in [0, 0.1) is 30.3 Å². The van der Waals surface area contributed by atoms with E-state index in [9.17, 15) is 45.0 Å². The first kappa shape index (κ1) is 50.3. The van der Waals surface area contributed by atoms with Crippen molar-refractivity contribution in [2.75, 3.05) is 33.5 Å².